The molecule has 1 heterocycles. The first-order chi connectivity index (χ1) is 17.9. The first-order valence-corrected chi connectivity index (χ1v) is 13.0. The molecular formula is C30H27BrN2O4. The number of ether oxygens (including phenoxy) is 2. The predicted molar refractivity (Wildman–Crippen MR) is 150 cm³/mol. The lowest BCUT2D eigenvalue weighted by atomic mass is 9.82. The fourth-order valence-electron chi connectivity index (χ4n) is 4.72. The molecule has 1 unspecified atom stereocenters. The second kappa shape index (κ2) is 10.6. The minimum atomic E-state index is -0.272. The number of amides is 2. The van der Waals surface area contributed by atoms with E-state index in [0.717, 1.165) is 33.2 Å². The maximum Gasteiger partial charge on any atom is 0.262 e. The summed E-state index contributed by atoms with van der Waals surface area (Å²) in [5.41, 5.74) is 4.66. The van der Waals surface area contributed by atoms with E-state index in [4.69, 9.17) is 9.47 Å². The van der Waals surface area contributed by atoms with Crippen molar-refractivity contribution >= 4 is 49.9 Å². The van der Waals surface area contributed by atoms with Crippen molar-refractivity contribution in [3.05, 3.63) is 94.0 Å². The minimum absolute atomic E-state index is 0.0324. The van der Waals surface area contributed by atoms with Crippen molar-refractivity contribution in [3.63, 3.8) is 0 Å². The van der Waals surface area contributed by atoms with Gasteiger partial charge in [-0.1, -0.05) is 48.0 Å². The Morgan fingerprint density at radius 1 is 1.05 bits per heavy atom. The Labute approximate surface area is 224 Å². The SMILES string of the molecule is CCOc1cc(C2CC(=O)Nc3ccc4ccccc4c32)cc(Br)c1OCC(=O)Nc1ccc(C)cc1. The van der Waals surface area contributed by atoms with E-state index in [1.165, 1.54) is 0 Å². The Kier molecular flexibility index (Phi) is 7.15. The highest BCUT2D eigenvalue weighted by Crippen LogP contribution is 2.45. The Morgan fingerprint density at radius 2 is 1.84 bits per heavy atom. The van der Waals surface area contributed by atoms with Gasteiger partial charge in [0.15, 0.2) is 18.1 Å². The van der Waals surface area contributed by atoms with E-state index in [1.54, 1.807) is 0 Å². The molecule has 0 saturated carbocycles. The molecule has 5 rings (SSSR count). The summed E-state index contributed by atoms with van der Waals surface area (Å²) in [6, 6.07) is 23.6. The first-order valence-electron chi connectivity index (χ1n) is 12.2. The number of fused-ring (bicyclic) bond motifs is 3. The van der Waals surface area contributed by atoms with Crippen molar-refractivity contribution in [3.8, 4) is 11.5 Å². The lowest BCUT2D eigenvalue weighted by molar-refractivity contribution is -0.118. The van der Waals surface area contributed by atoms with Crippen LogP contribution in [0.1, 0.15) is 36.0 Å². The standard InChI is InChI=1S/C30H27BrN2O4/c1-3-36-26-15-20(14-24(31)30(26)37-17-28(35)32-21-11-8-18(2)9-12-21)23-16-27(34)33-25-13-10-19-6-4-5-7-22(19)29(23)25/h4-15,23H,3,16-17H2,1-2H3,(H,32,35)(H,33,34). The van der Waals surface area contributed by atoms with Gasteiger partial charge in [-0.3, -0.25) is 9.59 Å². The molecule has 37 heavy (non-hydrogen) atoms. The number of benzene rings is 4. The third-order valence-corrected chi connectivity index (χ3v) is 6.99. The van der Waals surface area contributed by atoms with Gasteiger partial charge in [0.05, 0.1) is 11.1 Å². The lowest BCUT2D eigenvalue weighted by Gasteiger charge is -2.28. The number of carbonyl (C=O) groups is 2. The molecular weight excluding hydrogens is 532 g/mol. The largest absolute Gasteiger partial charge is 0.490 e. The fourth-order valence-corrected chi connectivity index (χ4v) is 5.29. The van der Waals surface area contributed by atoms with Gasteiger partial charge in [-0.25, -0.2) is 0 Å². The maximum absolute atomic E-state index is 12.6. The van der Waals surface area contributed by atoms with Crippen LogP contribution in [0.2, 0.25) is 0 Å². The molecule has 0 aliphatic carbocycles. The lowest BCUT2D eigenvalue weighted by Crippen LogP contribution is -2.24. The van der Waals surface area contributed by atoms with Gasteiger partial charge in [0.2, 0.25) is 5.91 Å². The Morgan fingerprint density at radius 3 is 2.62 bits per heavy atom. The predicted octanol–water partition coefficient (Wildman–Crippen LogP) is 6.80. The highest BCUT2D eigenvalue weighted by atomic mass is 79.9. The van der Waals surface area contributed by atoms with E-state index in [-0.39, 0.29) is 24.3 Å². The molecule has 0 fully saturated rings. The van der Waals surface area contributed by atoms with Crippen LogP contribution in [0.15, 0.2) is 77.3 Å². The molecule has 4 aromatic carbocycles. The first kappa shape index (κ1) is 24.8. The summed E-state index contributed by atoms with van der Waals surface area (Å²) < 4.78 is 12.5. The van der Waals surface area contributed by atoms with Gasteiger partial charge < -0.3 is 20.1 Å². The van der Waals surface area contributed by atoms with Crippen molar-refractivity contribution in [2.24, 2.45) is 0 Å². The smallest absolute Gasteiger partial charge is 0.262 e. The van der Waals surface area contributed by atoms with Crippen LogP contribution in [-0.4, -0.2) is 25.0 Å². The molecule has 0 aromatic heterocycles. The summed E-state index contributed by atoms with van der Waals surface area (Å²) in [4.78, 5) is 25.2. The summed E-state index contributed by atoms with van der Waals surface area (Å²) in [6.45, 7) is 4.13. The van der Waals surface area contributed by atoms with E-state index in [9.17, 15) is 9.59 Å². The molecule has 188 valence electrons. The van der Waals surface area contributed by atoms with Gasteiger partial charge in [0.25, 0.3) is 5.91 Å². The number of rotatable bonds is 7. The third kappa shape index (κ3) is 5.32. The summed E-state index contributed by atoms with van der Waals surface area (Å²) in [6.07, 6.45) is 0.318. The summed E-state index contributed by atoms with van der Waals surface area (Å²) in [5.74, 6) is 0.497. The molecule has 2 amide bonds. The highest BCUT2D eigenvalue weighted by molar-refractivity contribution is 9.10. The highest BCUT2D eigenvalue weighted by Gasteiger charge is 2.30. The molecule has 0 radical (unpaired) electrons. The molecule has 0 saturated heterocycles. The van der Waals surface area contributed by atoms with E-state index in [0.29, 0.717) is 34.7 Å². The second-order valence-corrected chi connectivity index (χ2v) is 9.87. The molecule has 0 bridgehead atoms. The monoisotopic (exact) mass is 558 g/mol. The van der Waals surface area contributed by atoms with Gasteiger partial charge in [-0.15, -0.1) is 0 Å². The van der Waals surface area contributed by atoms with Crippen LogP contribution >= 0.6 is 15.9 Å². The number of anilines is 2. The van der Waals surface area contributed by atoms with Crippen molar-refractivity contribution in [2.45, 2.75) is 26.2 Å². The van der Waals surface area contributed by atoms with E-state index in [2.05, 4.69) is 38.7 Å². The number of aryl methyl sites for hydroxylation is 1. The Bertz CT molecular complexity index is 1480. The number of hydrogen-bond acceptors (Lipinski definition) is 4. The normalized spacial score (nSPS) is 14.6. The zero-order valence-electron chi connectivity index (χ0n) is 20.6. The topological polar surface area (TPSA) is 76.7 Å². The maximum atomic E-state index is 12.6. The summed E-state index contributed by atoms with van der Waals surface area (Å²) >= 11 is 3.63. The fraction of sp³-hybridized carbons (Fsp3) is 0.200. The average Bonchev–Trinajstić information content (AvgIpc) is 2.89. The quantitative estimate of drug-likeness (QED) is 0.261. The average molecular weight is 559 g/mol. The second-order valence-electron chi connectivity index (χ2n) is 9.02. The van der Waals surface area contributed by atoms with Crippen molar-refractivity contribution < 1.29 is 19.1 Å². The van der Waals surface area contributed by atoms with Crippen LogP contribution in [0.4, 0.5) is 11.4 Å². The van der Waals surface area contributed by atoms with Crippen molar-refractivity contribution in [2.75, 3.05) is 23.8 Å². The van der Waals surface area contributed by atoms with Crippen LogP contribution in [0.5, 0.6) is 11.5 Å². The number of hydrogen-bond donors (Lipinski definition) is 2. The number of carbonyl (C=O) groups excluding carboxylic acids is 2. The van der Waals surface area contributed by atoms with Crippen LogP contribution in [0, 0.1) is 6.92 Å². The van der Waals surface area contributed by atoms with E-state index < -0.39 is 0 Å². The molecule has 1 aliphatic rings. The minimum Gasteiger partial charge on any atom is -0.490 e. The van der Waals surface area contributed by atoms with Crippen molar-refractivity contribution in [1.82, 2.24) is 0 Å². The molecule has 1 aliphatic heterocycles. The zero-order chi connectivity index (χ0) is 25.9. The van der Waals surface area contributed by atoms with E-state index >= 15 is 0 Å². The van der Waals surface area contributed by atoms with Gasteiger partial charge in [0, 0.05) is 23.7 Å². The van der Waals surface area contributed by atoms with Gasteiger partial charge in [-0.05, 0) is 82.0 Å². The summed E-state index contributed by atoms with van der Waals surface area (Å²) in [7, 11) is 0. The Balaban J connectivity index is 1.45. The van der Waals surface area contributed by atoms with Crippen LogP contribution in [-0.2, 0) is 9.59 Å². The molecule has 1 atom stereocenters. The number of nitrogens with one attached hydrogen (secondary N) is 2. The molecule has 6 nitrogen and oxygen atoms in total. The third-order valence-electron chi connectivity index (χ3n) is 6.40. The summed E-state index contributed by atoms with van der Waals surface area (Å²) in [5, 5.41) is 8.08. The van der Waals surface area contributed by atoms with Crippen LogP contribution in [0.25, 0.3) is 10.8 Å². The number of halogens is 1. The zero-order valence-corrected chi connectivity index (χ0v) is 22.2. The van der Waals surface area contributed by atoms with Gasteiger partial charge in [-0.2, -0.15) is 0 Å². The molecule has 4 aromatic rings. The van der Waals surface area contributed by atoms with Crippen LogP contribution in [0.3, 0.4) is 0 Å². The van der Waals surface area contributed by atoms with Crippen molar-refractivity contribution in [1.29, 1.82) is 0 Å². The molecule has 7 heteroatoms. The molecule has 2 N–H and O–H groups in total. The van der Waals surface area contributed by atoms with Gasteiger partial charge >= 0.3 is 0 Å². The molecule has 0 spiro atoms. The Hall–Kier alpha value is -3.84. The van der Waals surface area contributed by atoms with Gasteiger partial charge in [0.1, 0.15) is 0 Å². The van der Waals surface area contributed by atoms with E-state index in [1.807, 2.05) is 74.5 Å². The van der Waals surface area contributed by atoms with Crippen LogP contribution < -0.4 is 20.1 Å².